The molecule has 1 saturated heterocycles. The molecule has 1 amide bonds. The van der Waals surface area contributed by atoms with Crippen LogP contribution in [0, 0.1) is 16.0 Å². The largest absolute Gasteiger partial charge is 0.343 e. The first-order chi connectivity index (χ1) is 11.1. The number of likely N-dealkylation sites (tertiary alicyclic amines) is 1. The molecule has 1 aliphatic heterocycles. The number of hydrogen-bond donors (Lipinski definition) is 1. The number of carbonyl (C=O) groups is 1. The number of nitro benzene ring substituents is 1. The molecule has 1 aromatic rings. The van der Waals surface area contributed by atoms with Gasteiger partial charge in [-0.1, -0.05) is 12.1 Å². The Hall–Kier alpha value is -1.66. The van der Waals surface area contributed by atoms with E-state index in [9.17, 15) is 14.9 Å². The molecule has 1 heterocycles. The summed E-state index contributed by atoms with van der Waals surface area (Å²) in [6.07, 6.45) is 4.29. The molecule has 0 unspecified atom stereocenters. The van der Waals surface area contributed by atoms with Crippen molar-refractivity contribution in [3.05, 3.63) is 39.9 Å². The molecule has 1 fully saturated rings. The first-order valence-electron chi connectivity index (χ1n) is 8.26. The van der Waals surface area contributed by atoms with Crippen LogP contribution in [0.15, 0.2) is 24.3 Å². The van der Waals surface area contributed by atoms with Gasteiger partial charge in [0.05, 0.1) is 4.92 Å². The van der Waals surface area contributed by atoms with Gasteiger partial charge in [-0.15, -0.1) is 12.4 Å². The molecule has 1 aromatic carbocycles. The van der Waals surface area contributed by atoms with Crippen LogP contribution in [0.1, 0.15) is 31.2 Å². The van der Waals surface area contributed by atoms with Crippen molar-refractivity contribution >= 4 is 24.0 Å². The summed E-state index contributed by atoms with van der Waals surface area (Å²) in [5.74, 6) is 0.867. The Morgan fingerprint density at radius 1 is 1.38 bits per heavy atom. The number of nitro groups is 1. The Morgan fingerprint density at radius 2 is 2.08 bits per heavy atom. The zero-order valence-corrected chi connectivity index (χ0v) is 14.9. The summed E-state index contributed by atoms with van der Waals surface area (Å²) in [5, 5.41) is 13.9. The quantitative estimate of drug-likeness (QED) is 0.602. The molecule has 7 heteroatoms. The van der Waals surface area contributed by atoms with E-state index in [4.69, 9.17) is 0 Å². The van der Waals surface area contributed by atoms with Gasteiger partial charge in [0.15, 0.2) is 0 Å². The number of rotatable bonds is 7. The van der Waals surface area contributed by atoms with E-state index in [1.54, 1.807) is 12.1 Å². The third-order valence-electron chi connectivity index (χ3n) is 4.52. The molecule has 2 rings (SSSR count). The normalized spacial score (nSPS) is 15.0. The molecule has 1 N–H and O–H groups in total. The van der Waals surface area contributed by atoms with Crippen molar-refractivity contribution in [3.63, 3.8) is 0 Å². The van der Waals surface area contributed by atoms with Crippen LogP contribution in [0.4, 0.5) is 5.69 Å². The van der Waals surface area contributed by atoms with Crippen molar-refractivity contribution in [2.45, 2.75) is 32.1 Å². The monoisotopic (exact) mass is 355 g/mol. The van der Waals surface area contributed by atoms with E-state index in [1.807, 2.05) is 18.0 Å². The second-order valence-corrected chi connectivity index (χ2v) is 6.14. The van der Waals surface area contributed by atoms with Crippen LogP contribution in [-0.4, -0.2) is 42.4 Å². The molecule has 0 aromatic heterocycles. The number of nitrogens with one attached hydrogen (secondary N) is 1. The highest BCUT2D eigenvalue weighted by molar-refractivity contribution is 5.85. The lowest BCUT2D eigenvalue weighted by atomic mass is 9.93. The average molecular weight is 356 g/mol. The van der Waals surface area contributed by atoms with Gasteiger partial charge in [0.1, 0.15) is 0 Å². The number of hydrogen-bond acceptors (Lipinski definition) is 4. The Morgan fingerprint density at radius 3 is 2.71 bits per heavy atom. The Balaban J connectivity index is 0.00000288. The first-order valence-corrected chi connectivity index (χ1v) is 8.26. The van der Waals surface area contributed by atoms with Crippen LogP contribution in [0.3, 0.4) is 0 Å². The zero-order chi connectivity index (χ0) is 16.7. The summed E-state index contributed by atoms with van der Waals surface area (Å²) < 4.78 is 0. The summed E-state index contributed by atoms with van der Waals surface area (Å²) >= 11 is 0. The topological polar surface area (TPSA) is 75.5 Å². The molecule has 0 saturated carbocycles. The fourth-order valence-electron chi connectivity index (χ4n) is 3.05. The molecule has 1 aliphatic rings. The molecule has 6 nitrogen and oxygen atoms in total. The number of benzene rings is 1. The van der Waals surface area contributed by atoms with Gasteiger partial charge in [-0.2, -0.15) is 0 Å². The van der Waals surface area contributed by atoms with Crippen molar-refractivity contribution < 1.29 is 9.72 Å². The number of amides is 1. The van der Waals surface area contributed by atoms with Crippen LogP contribution in [0.25, 0.3) is 0 Å². The first kappa shape index (κ1) is 20.4. The number of nitrogens with zero attached hydrogens (tertiary/aromatic N) is 2. The van der Waals surface area contributed by atoms with Gasteiger partial charge in [-0.25, -0.2) is 0 Å². The van der Waals surface area contributed by atoms with Crippen molar-refractivity contribution in [1.29, 1.82) is 0 Å². The molecule has 0 spiro atoms. The summed E-state index contributed by atoms with van der Waals surface area (Å²) in [5.41, 5.74) is 0.928. The van der Waals surface area contributed by atoms with E-state index in [-0.39, 0.29) is 24.0 Å². The van der Waals surface area contributed by atoms with E-state index in [1.165, 1.54) is 12.5 Å². The van der Waals surface area contributed by atoms with Crippen molar-refractivity contribution in [2.24, 2.45) is 5.92 Å². The maximum absolute atomic E-state index is 12.3. The van der Waals surface area contributed by atoms with E-state index < -0.39 is 4.92 Å². The van der Waals surface area contributed by atoms with Crippen LogP contribution >= 0.6 is 12.4 Å². The number of piperidine rings is 1. The standard InChI is InChI=1S/C17H25N3O3.ClH/c1-18-10-7-14-8-11-19(12-9-14)17(21)6-5-15-3-2-4-16(13-15)20(22)23;/h2-4,13-14,18H,5-12H2,1H3;1H. The molecular weight excluding hydrogens is 330 g/mol. The Labute approximate surface area is 149 Å². The second kappa shape index (κ2) is 10.3. The number of aryl methyl sites for hydroxylation is 1. The van der Waals surface area contributed by atoms with E-state index in [0.29, 0.717) is 18.8 Å². The molecule has 24 heavy (non-hydrogen) atoms. The van der Waals surface area contributed by atoms with E-state index in [2.05, 4.69) is 5.32 Å². The maximum atomic E-state index is 12.3. The predicted molar refractivity (Wildman–Crippen MR) is 96.5 cm³/mol. The second-order valence-electron chi connectivity index (χ2n) is 6.14. The van der Waals surface area contributed by atoms with E-state index >= 15 is 0 Å². The Bertz CT molecular complexity index is 546. The fourth-order valence-corrected chi connectivity index (χ4v) is 3.05. The van der Waals surface area contributed by atoms with Gasteiger partial charge < -0.3 is 10.2 Å². The smallest absolute Gasteiger partial charge is 0.269 e. The number of carbonyl (C=O) groups excluding carboxylic acids is 1. The SMILES string of the molecule is CNCCC1CCN(C(=O)CCc2cccc([N+](=O)[O-])c2)CC1.Cl. The summed E-state index contributed by atoms with van der Waals surface area (Å²) in [6, 6.07) is 6.54. The highest BCUT2D eigenvalue weighted by atomic mass is 35.5. The number of non-ortho nitro benzene ring substituents is 1. The van der Waals surface area contributed by atoms with Crippen LogP contribution in [0.5, 0.6) is 0 Å². The van der Waals surface area contributed by atoms with Gasteiger partial charge in [0, 0.05) is 31.6 Å². The minimum atomic E-state index is -0.402. The molecule has 0 atom stereocenters. The minimum absolute atomic E-state index is 0. The zero-order valence-electron chi connectivity index (χ0n) is 14.1. The molecule has 0 aliphatic carbocycles. The fraction of sp³-hybridized carbons (Fsp3) is 0.588. The third-order valence-corrected chi connectivity index (χ3v) is 4.52. The highest BCUT2D eigenvalue weighted by Crippen LogP contribution is 2.21. The van der Waals surface area contributed by atoms with Gasteiger partial charge in [0.2, 0.25) is 5.91 Å². The van der Waals surface area contributed by atoms with E-state index in [0.717, 1.165) is 38.0 Å². The highest BCUT2D eigenvalue weighted by Gasteiger charge is 2.22. The lowest BCUT2D eigenvalue weighted by molar-refractivity contribution is -0.384. The van der Waals surface area contributed by atoms with Gasteiger partial charge in [0.25, 0.3) is 5.69 Å². The summed E-state index contributed by atoms with van der Waals surface area (Å²) in [7, 11) is 1.96. The van der Waals surface area contributed by atoms with Crippen LogP contribution in [0.2, 0.25) is 0 Å². The molecule has 0 bridgehead atoms. The Kier molecular flexibility index (Phi) is 8.71. The van der Waals surface area contributed by atoms with Gasteiger partial charge >= 0.3 is 0 Å². The van der Waals surface area contributed by atoms with Gasteiger partial charge in [-0.05, 0) is 50.8 Å². The maximum Gasteiger partial charge on any atom is 0.269 e. The molecular formula is C17H26ClN3O3. The average Bonchev–Trinajstić information content (AvgIpc) is 2.58. The predicted octanol–water partition coefficient (Wildman–Crippen LogP) is 2.80. The lowest BCUT2D eigenvalue weighted by Crippen LogP contribution is -2.39. The van der Waals surface area contributed by atoms with Gasteiger partial charge in [-0.3, -0.25) is 14.9 Å². The van der Waals surface area contributed by atoms with Crippen LogP contribution < -0.4 is 5.32 Å². The lowest BCUT2D eigenvalue weighted by Gasteiger charge is -2.32. The van der Waals surface area contributed by atoms with Crippen molar-refractivity contribution in [3.8, 4) is 0 Å². The number of halogens is 1. The van der Waals surface area contributed by atoms with Crippen LogP contribution in [-0.2, 0) is 11.2 Å². The summed E-state index contributed by atoms with van der Waals surface area (Å²) in [6.45, 7) is 2.70. The minimum Gasteiger partial charge on any atom is -0.343 e. The van der Waals surface area contributed by atoms with Crippen molar-refractivity contribution in [1.82, 2.24) is 10.2 Å². The molecule has 134 valence electrons. The summed E-state index contributed by atoms with van der Waals surface area (Å²) in [4.78, 5) is 24.6. The third kappa shape index (κ3) is 6.09. The van der Waals surface area contributed by atoms with Crippen molar-refractivity contribution in [2.75, 3.05) is 26.7 Å². The molecule has 0 radical (unpaired) electrons.